The summed E-state index contributed by atoms with van der Waals surface area (Å²) in [5.74, 6) is -5.41. The molecule has 5 amide bonds. The van der Waals surface area contributed by atoms with E-state index in [1.807, 2.05) is 0 Å². The Bertz CT molecular complexity index is 1160. The molecule has 1 heterocycles. The molecule has 2 aromatic rings. The second-order valence-corrected chi connectivity index (χ2v) is 7.56. The van der Waals surface area contributed by atoms with Gasteiger partial charge in [-0.15, -0.1) is 0 Å². The molecule has 2 aromatic carbocycles. The fraction of sp³-hybridized carbons (Fsp3) is 0.261. The smallest absolute Gasteiger partial charge is 0.326 e. The lowest BCUT2D eigenvalue weighted by Gasteiger charge is -2.25. The first-order valence-electron chi connectivity index (χ1n) is 10.5. The fourth-order valence-corrected chi connectivity index (χ4v) is 3.46. The molecule has 1 atom stereocenters. The van der Waals surface area contributed by atoms with Crippen molar-refractivity contribution in [2.24, 2.45) is 0 Å². The van der Waals surface area contributed by atoms with Crippen LogP contribution in [0, 0.1) is 11.6 Å². The largest absolute Gasteiger partial charge is 0.454 e. The Morgan fingerprint density at radius 1 is 1.03 bits per heavy atom. The van der Waals surface area contributed by atoms with Crippen molar-refractivity contribution in [3.63, 3.8) is 0 Å². The number of esters is 1. The average molecular weight is 488 g/mol. The van der Waals surface area contributed by atoms with Gasteiger partial charge in [0, 0.05) is 11.8 Å². The molecule has 10 nitrogen and oxygen atoms in total. The first-order chi connectivity index (χ1) is 16.7. The van der Waals surface area contributed by atoms with E-state index in [4.69, 9.17) is 4.74 Å². The Kier molecular flexibility index (Phi) is 7.74. The summed E-state index contributed by atoms with van der Waals surface area (Å²) in [7, 11) is 0. The van der Waals surface area contributed by atoms with Crippen LogP contribution in [0.4, 0.5) is 19.3 Å². The number of halogens is 2. The van der Waals surface area contributed by atoms with Crippen molar-refractivity contribution in [3.05, 3.63) is 65.7 Å². The van der Waals surface area contributed by atoms with E-state index in [0.29, 0.717) is 10.5 Å². The minimum atomic E-state index is -1.31. The van der Waals surface area contributed by atoms with E-state index in [-0.39, 0.29) is 12.1 Å². The first-order valence-corrected chi connectivity index (χ1v) is 10.5. The molecule has 35 heavy (non-hydrogen) atoms. The van der Waals surface area contributed by atoms with Crippen molar-refractivity contribution in [3.8, 4) is 0 Å². The summed E-state index contributed by atoms with van der Waals surface area (Å²) in [5, 5.41) is 7.07. The number of hydrogen-bond donors (Lipinski definition) is 3. The summed E-state index contributed by atoms with van der Waals surface area (Å²) >= 11 is 0. The molecule has 0 aromatic heterocycles. The lowest BCUT2D eigenvalue weighted by Crippen LogP contribution is -2.44. The van der Waals surface area contributed by atoms with Gasteiger partial charge in [0.2, 0.25) is 5.91 Å². The van der Waals surface area contributed by atoms with Crippen LogP contribution in [-0.2, 0) is 29.5 Å². The quantitative estimate of drug-likeness (QED) is 0.361. The number of rotatable bonds is 9. The SMILES string of the molecule is CCC1(c2ccccc2)NC(=O)N(CC(=O)OCC(=O)NCC(=O)Nc2ccc(F)c(F)c2)C1=O. The molecule has 0 bridgehead atoms. The number of carbonyl (C=O) groups excluding carboxylic acids is 5. The number of nitrogens with one attached hydrogen (secondary N) is 3. The maximum atomic E-state index is 13.2. The molecular weight excluding hydrogens is 466 g/mol. The maximum Gasteiger partial charge on any atom is 0.326 e. The van der Waals surface area contributed by atoms with Crippen LogP contribution in [0.25, 0.3) is 0 Å². The second-order valence-electron chi connectivity index (χ2n) is 7.56. The Hall–Kier alpha value is -4.35. The number of urea groups is 1. The zero-order chi connectivity index (χ0) is 25.6. The van der Waals surface area contributed by atoms with Gasteiger partial charge >= 0.3 is 12.0 Å². The number of hydrogen-bond acceptors (Lipinski definition) is 6. The number of imide groups is 1. The Labute approximate surface area is 198 Å². The van der Waals surface area contributed by atoms with Crippen LogP contribution >= 0.6 is 0 Å². The van der Waals surface area contributed by atoms with E-state index >= 15 is 0 Å². The predicted octanol–water partition coefficient (Wildman–Crippen LogP) is 1.42. The van der Waals surface area contributed by atoms with Gasteiger partial charge in [-0.2, -0.15) is 0 Å². The molecule has 0 saturated carbocycles. The topological polar surface area (TPSA) is 134 Å². The standard InChI is InChI=1S/C23H22F2N4O6/c1-2-23(14-6-4-3-5-7-14)21(33)29(22(34)28-23)12-20(32)35-13-19(31)26-11-18(30)27-15-8-9-16(24)17(25)10-15/h3-10H,2,11-13H2,1H3,(H,26,31)(H,27,30)(H,28,34). The number of nitrogens with zero attached hydrogens (tertiary/aromatic N) is 1. The number of amides is 5. The van der Waals surface area contributed by atoms with Gasteiger partial charge in [0.1, 0.15) is 12.1 Å². The van der Waals surface area contributed by atoms with Crippen LogP contribution < -0.4 is 16.0 Å². The van der Waals surface area contributed by atoms with Gasteiger partial charge in [-0.3, -0.25) is 24.1 Å². The summed E-state index contributed by atoms with van der Waals surface area (Å²) in [4.78, 5) is 61.9. The zero-order valence-electron chi connectivity index (χ0n) is 18.6. The van der Waals surface area contributed by atoms with E-state index < -0.39 is 66.6 Å². The number of benzene rings is 2. The Morgan fingerprint density at radius 3 is 2.40 bits per heavy atom. The second kappa shape index (κ2) is 10.7. The van der Waals surface area contributed by atoms with Crippen molar-refractivity contribution in [1.82, 2.24) is 15.5 Å². The highest BCUT2D eigenvalue weighted by atomic mass is 19.2. The maximum absolute atomic E-state index is 13.2. The molecule has 0 aliphatic carbocycles. The number of anilines is 1. The molecule has 1 aliphatic heterocycles. The highest BCUT2D eigenvalue weighted by Crippen LogP contribution is 2.32. The summed E-state index contributed by atoms with van der Waals surface area (Å²) in [5.41, 5.74) is -0.754. The highest BCUT2D eigenvalue weighted by Gasteiger charge is 2.51. The average Bonchev–Trinajstić information content (AvgIpc) is 3.09. The number of carbonyl (C=O) groups is 5. The fourth-order valence-electron chi connectivity index (χ4n) is 3.46. The molecule has 3 rings (SSSR count). The van der Waals surface area contributed by atoms with E-state index in [1.165, 1.54) is 0 Å². The molecule has 0 radical (unpaired) electrons. The van der Waals surface area contributed by atoms with Gasteiger partial charge in [0.15, 0.2) is 18.2 Å². The van der Waals surface area contributed by atoms with Gasteiger partial charge in [-0.1, -0.05) is 37.3 Å². The molecule has 1 fully saturated rings. The third kappa shape index (κ3) is 5.78. The van der Waals surface area contributed by atoms with Crippen LogP contribution in [0.1, 0.15) is 18.9 Å². The van der Waals surface area contributed by atoms with Crippen LogP contribution in [0.15, 0.2) is 48.5 Å². The Morgan fingerprint density at radius 2 is 1.74 bits per heavy atom. The molecule has 184 valence electrons. The minimum absolute atomic E-state index is 0.0122. The summed E-state index contributed by atoms with van der Waals surface area (Å²) in [6.07, 6.45) is 0.252. The predicted molar refractivity (Wildman–Crippen MR) is 118 cm³/mol. The summed E-state index contributed by atoms with van der Waals surface area (Å²) < 4.78 is 30.9. The summed E-state index contributed by atoms with van der Waals surface area (Å²) in [6, 6.07) is 10.6. The first kappa shape index (κ1) is 25.3. The Balaban J connectivity index is 1.47. The van der Waals surface area contributed by atoms with Gasteiger partial charge in [-0.05, 0) is 24.1 Å². The van der Waals surface area contributed by atoms with Crippen molar-refractivity contribution < 1.29 is 37.5 Å². The van der Waals surface area contributed by atoms with Crippen molar-refractivity contribution in [2.45, 2.75) is 18.9 Å². The van der Waals surface area contributed by atoms with Crippen LogP contribution in [0.2, 0.25) is 0 Å². The summed E-state index contributed by atoms with van der Waals surface area (Å²) in [6.45, 7) is -0.278. The monoisotopic (exact) mass is 488 g/mol. The van der Waals surface area contributed by atoms with Gasteiger partial charge in [0.05, 0.1) is 6.54 Å². The van der Waals surface area contributed by atoms with Gasteiger partial charge in [0.25, 0.3) is 11.8 Å². The van der Waals surface area contributed by atoms with Gasteiger partial charge in [-0.25, -0.2) is 13.6 Å². The minimum Gasteiger partial charge on any atom is -0.454 e. The van der Waals surface area contributed by atoms with Gasteiger partial charge < -0.3 is 20.7 Å². The van der Waals surface area contributed by atoms with E-state index in [2.05, 4.69) is 16.0 Å². The lowest BCUT2D eigenvalue weighted by atomic mass is 9.87. The third-order valence-corrected chi connectivity index (χ3v) is 5.27. The molecule has 12 heteroatoms. The van der Waals surface area contributed by atoms with E-state index in [1.54, 1.807) is 37.3 Å². The zero-order valence-corrected chi connectivity index (χ0v) is 18.6. The highest BCUT2D eigenvalue weighted by molar-refractivity contribution is 6.09. The van der Waals surface area contributed by atoms with Crippen LogP contribution in [-0.4, -0.2) is 54.3 Å². The normalized spacial score (nSPS) is 17.1. The molecule has 0 spiro atoms. The molecule has 1 saturated heterocycles. The third-order valence-electron chi connectivity index (χ3n) is 5.27. The molecule has 1 aliphatic rings. The van der Waals surface area contributed by atoms with Crippen LogP contribution in [0.3, 0.4) is 0 Å². The van der Waals surface area contributed by atoms with Crippen molar-refractivity contribution >= 4 is 35.4 Å². The van der Waals surface area contributed by atoms with Crippen molar-refractivity contribution in [1.29, 1.82) is 0 Å². The molecule has 3 N–H and O–H groups in total. The van der Waals surface area contributed by atoms with E-state index in [0.717, 1.165) is 18.2 Å². The molecular formula is C23H22F2N4O6. The van der Waals surface area contributed by atoms with Crippen LogP contribution in [0.5, 0.6) is 0 Å². The lowest BCUT2D eigenvalue weighted by molar-refractivity contribution is -0.151. The van der Waals surface area contributed by atoms with Crippen molar-refractivity contribution in [2.75, 3.05) is 25.0 Å². The molecule has 1 unspecified atom stereocenters. The van der Waals surface area contributed by atoms with E-state index in [9.17, 15) is 32.8 Å². The number of ether oxygens (including phenoxy) is 1.